The van der Waals surface area contributed by atoms with Crippen molar-refractivity contribution in [2.45, 2.75) is 140 Å². The van der Waals surface area contributed by atoms with E-state index in [1.165, 1.54) is 52.4 Å². The minimum atomic E-state index is -4.08. The van der Waals surface area contributed by atoms with E-state index in [9.17, 15) is 37.5 Å². The van der Waals surface area contributed by atoms with E-state index in [2.05, 4.69) is 14.8 Å². The number of aryl methyl sites for hydroxylation is 1. The van der Waals surface area contributed by atoms with E-state index in [0.29, 0.717) is 29.3 Å². The van der Waals surface area contributed by atoms with E-state index in [0.717, 1.165) is 23.8 Å². The molecule has 2 saturated heterocycles. The highest BCUT2D eigenvalue weighted by Crippen LogP contribution is 2.49. The van der Waals surface area contributed by atoms with Gasteiger partial charge in [0.1, 0.15) is 29.6 Å². The van der Waals surface area contributed by atoms with Crippen molar-refractivity contribution in [3.8, 4) is 0 Å². The molecule has 0 spiro atoms. The first kappa shape index (κ1) is 53.3. The Morgan fingerprint density at radius 2 is 1.88 bits per heavy atom. The quantitative estimate of drug-likeness (QED) is 0.0657. The number of aliphatic hydroxyl groups is 1. The van der Waals surface area contributed by atoms with Gasteiger partial charge in [-0.15, -0.1) is 0 Å². The van der Waals surface area contributed by atoms with Gasteiger partial charge in [-0.2, -0.15) is 8.42 Å². The minimum absolute atomic E-state index is 0.0294. The summed E-state index contributed by atoms with van der Waals surface area (Å²) in [5.74, 6) is -2.86. The van der Waals surface area contributed by atoms with Gasteiger partial charge in [0.05, 0.1) is 30.3 Å². The van der Waals surface area contributed by atoms with Crippen LogP contribution in [0.5, 0.6) is 0 Å². The molecule has 358 valence electrons. The number of esters is 1. The molecule has 0 radical (unpaired) electrons. The third-order valence-corrected chi connectivity index (χ3v) is 18.0. The van der Waals surface area contributed by atoms with Crippen molar-refractivity contribution in [1.29, 1.82) is 0 Å². The van der Waals surface area contributed by atoms with Gasteiger partial charge in [0.25, 0.3) is 10.1 Å². The second kappa shape index (κ2) is 21.5. The van der Waals surface area contributed by atoms with Gasteiger partial charge in [-0.1, -0.05) is 76.9 Å². The van der Waals surface area contributed by atoms with Crippen molar-refractivity contribution in [3.05, 3.63) is 52.1 Å². The van der Waals surface area contributed by atoms with E-state index >= 15 is 0 Å². The number of nitrogens with zero attached hydrogens (tertiary/aromatic N) is 2. The van der Waals surface area contributed by atoms with Crippen molar-refractivity contribution in [2.24, 2.45) is 11.8 Å². The maximum absolute atomic E-state index is 14.3. The zero-order chi connectivity index (χ0) is 48.1. The van der Waals surface area contributed by atoms with Gasteiger partial charge >= 0.3 is 12.1 Å². The van der Waals surface area contributed by atoms with E-state index in [1.54, 1.807) is 20.9 Å². The number of benzene rings is 1. The smallest absolute Gasteiger partial charge is 0.409 e. The third kappa shape index (κ3) is 13.0. The lowest BCUT2D eigenvalue weighted by Gasteiger charge is -2.41. The largest absolute Gasteiger partial charge is 0.457 e. The molecule has 16 nitrogen and oxygen atoms in total. The summed E-state index contributed by atoms with van der Waals surface area (Å²) in [5, 5.41) is 15.7. The van der Waals surface area contributed by atoms with Gasteiger partial charge in [-0.05, 0) is 78.0 Å². The van der Waals surface area contributed by atoms with Crippen molar-refractivity contribution < 1.29 is 55.9 Å². The molecule has 3 aliphatic heterocycles. The molecule has 9 atom stereocenters. The van der Waals surface area contributed by atoms with Crippen LogP contribution in [0.15, 0.2) is 35.9 Å². The van der Waals surface area contributed by atoms with E-state index in [-0.39, 0.29) is 31.6 Å². The van der Waals surface area contributed by atoms with E-state index in [1.807, 2.05) is 65.0 Å². The molecule has 3 aliphatic rings. The number of likely N-dealkylation sites (N-methyl/N-ethyl adjacent to an activating group) is 1. The first-order valence-corrected chi connectivity index (χ1v) is 25.4. The number of allylic oxidation sites excluding steroid dienone is 3. The maximum atomic E-state index is 14.3. The predicted molar refractivity (Wildman–Crippen MR) is 249 cm³/mol. The lowest BCUT2D eigenvalue weighted by atomic mass is 9.82. The molecule has 3 N–H and O–H groups in total. The minimum Gasteiger partial charge on any atom is -0.457 e. The lowest BCUT2D eigenvalue weighted by Crippen LogP contribution is -2.60. The Kier molecular flexibility index (Phi) is 17.9. The third-order valence-electron chi connectivity index (χ3n) is 12.5. The van der Waals surface area contributed by atoms with Gasteiger partial charge in [0.15, 0.2) is 5.25 Å². The van der Waals surface area contributed by atoms with Crippen molar-refractivity contribution in [2.75, 3.05) is 38.9 Å². The van der Waals surface area contributed by atoms with Crippen molar-refractivity contribution in [3.63, 3.8) is 0 Å². The predicted octanol–water partition coefficient (Wildman–Crippen LogP) is 5.86. The highest BCUT2D eigenvalue weighted by Gasteiger charge is 2.64. The summed E-state index contributed by atoms with van der Waals surface area (Å²) in [6.07, 6.45) is 2.96. The number of halogens is 1. The first-order valence-electron chi connectivity index (χ1n) is 21.3. The number of hydrogen-bond acceptors (Lipinski definition) is 14. The fraction of sp³-hybridized carbons (Fsp3) is 0.659. The van der Waals surface area contributed by atoms with Crippen LogP contribution in [0.25, 0.3) is 0 Å². The lowest BCUT2D eigenvalue weighted by molar-refractivity contribution is -0.162. The van der Waals surface area contributed by atoms with Crippen LogP contribution in [-0.4, -0.2) is 128 Å². The molecule has 64 heavy (non-hydrogen) atoms. The summed E-state index contributed by atoms with van der Waals surface area (Å²) in [5.41, 5.74) is 0.286. The molecular formula is C44H65ClN4O12S3. The summed E-state index contributed by atoms with van der Waals surface area (Å²) in [7, 11) is 4.22. The number of epoxide rings is 1. The Bertz CT molecular complexity index is 2100. The normalized spacial score (nSPS) is 28.9. The molecular weight excluding hydrogens is 908 g/mol. The molecule has 0 aromatic heterocycles. The Labute approximate surface area is 390 Å². The molecule has 0 saturated carbocycles. The Morgan fingerprint density at radius 1 is 1.20 bits per heavy atom. The van der Waals surface area contributed by atoms with Gasteiger partial charge in [-0.3, -0.25) is 23.9 Å². The standard InChI is InChI=1S/C44H65ClN4O12S3/c1-25-14-13-15-27(3)44(55)24-32(59-41(54)47-44)28(4)38-43(8,61-38)34(23-36(51)49(11)31-22-30(20-25)21-26(2)37(31)45)60-40(53)29(5)48(10)35(50)16-18-42(6,7)63-62-19-17-33(39(52)46-9)64(56,57)58-12/h13-15,21-22,27-29,32-34,38,55H,16-20,23-24H2,1-12H3,(H,46,52)(H,47,54)/b15-13+,25-14+/t27-,28-,29+,32+,33?,34+,38+,43+,44+/m1/s1. The summed E-state index contributed by atoms with van der Waals surface area (Å²) in [6.45, 7) is 14.6. The second-order valence-electron chi connectivity index (χ2n) is 17.9. The zero-order valence-electron chi connectivity index (χ0n) is 38.8. The molecule has 20 heteroatoms. The molecule has 3 heterocycles. The van der Waals surface area contributed by atoms with Crippen molar-refractivity contribution >= 4 is 78.8 Å². The molecule has 4 rings (SSSR count). The van der Waals surface area contributed by atoms with Gasteiger partial charge in [0, 0.05) is 56.3 Å². The summed E-state index contributed by atoms with van der Waals surface area (Å²) in [6, 6.07) is 2.74. The van der Waals surface area contributed by atoms with Crippen LogP contribution >= 0.6 is 33.2 Å². The molecule has 1 unspecified atom stereocenters. The molecule has 1 aromatic carbocycles. The number of anilines is 1. The van der Waals surface area contributed by atoms with Crippen LogP contribution in [-0.2, 0) is 54.1 Å². The average Bonchev–Trinajstić information content (AvgIpc) is 3.93. The highest BCUT2D eigenvalue weighted by molar-refractivity contribution is 8.77. The zero-order valence-corrected chi connectivity index (χ0v) is 42.0. The molecule has 2 fully saturated rings. The summed E-state index contributed by atoms with van der Waals surface area (Å²) in [4.78, 5) is 69.7. The number of carbonyl (C=O) groups excluding carboxylic acids is 5. The number of fused-ring (bicyclic) bond motifs is 5. The fourth-order valence-electron chi connectivity index (χ4n) is 7.83. The topological polar surface area (TPSA) is 210 Å². The van der Waals surface area contributed by atoms with E-state index < -0.39 is 91.5 Å². The Hall–Kier alpha value is -3.33. The highest BCUT2D eigenvalue weighted by atomic mass is 35.5. The number of amides is 4. The first-order chi connectivity index (χ1) is 29.7. The van der Waals surface area contributed by atoms with Gasteiger partial charge < -0.3 is 34.4 Å². The van der Waals surface area contributed by atoms with Crippen LogP contribution in [0.4, 0.5) is 10.5 Å². The second-order valence-corrected chi connectivity index (χ2v) is 23.3. The summed E-state index contributed by atoms with van der Waals surface area (Å²) >= 11 is 6.81. The van der Waals surface area contributed by atoms with Gasteiger partial charge in [-0.25, -0.2) is 9.59 Å². The van der Waals surface area contributed by atoms with E-state index in [4.69, 9.17) is 25.8 Å². The van der Waals surface area contributed by atoms with Crippen LogP contribution in [0, 0.1) is 18.8 Å². The van der Waals surface area contributed by atoms with Crippen LogP contribution in [0.3, 0.4) is 0 Å². The maximum Gasteiger partial charge on any atom is 0.409 e. The number of alkyl carbamates (subject to hydrolysis) is 1. The molecule has 4 amide bonds. The van der Waals surface area contributed by atoms with Crippen LogP contribution in [0.2, 0.25) is 5.02 Å². The van der Waals surface area contributed by atoms with Crippen molar-refractivity contribution in [1.82, 2.24) is 15.5 Å². The van der Waals surface area contributed by atoms with Gasteiger partial charge in [0.2, 0.25) is 17.7 Å². The van der Waals surface area contributed by atoms with Crippen LogP contribution in [0.1, 0.15) is 91.7 Å². The Morgan fingerprint density at radius 3 is 2.52 bits per heavy atom. The SMILES string of the molecule is CNC(=O)C(CCSSC(C)(C)CCC(=O)N(C)[C@@H](C)C(=O)O[C@H]1CC(=O)N(C)c2cc(cc(C)c2Cl)C/C(C)=C/C=C/[C@@H](C)[C@@]2(O)C[C@H](OC(=O)N2)[C@@H](C)[C@@H]2O[C@@]12C)S(=O)(=O)OC. The number of hydrogen-bond donors (Lipinski definition) is 3. The summed E-state index contributed by atoms with van der Waals surface area (Å²) < 4.78 is 46.8. The number of carbonyl (C=O) groups is 5. The fourth-order valence-corrected chi connectivity index (χ4v) is 11.9. The van der Waals surface area contributed by atoms with Crippen LogP contribution < -0.4 is 15.5 Å². The monoisotopic (exact) mass is 972 g/mol. The molecule has 4 bridgehead atoms. The number of rotatable bonds is 14. The Balaban J connectivity index is 1.53. The number of nitrogens with one attached hydrogen (secondary N) is 2. The molecule has 1 aromatic rings. The number of ether oxygens (including phenoxy) is 3. The molecule has 0 aliphatic carbocycles. The average molecular weight is 974 g/mol.